The van der Waals surface area contributed by atoms with Crippen molar-refractivity contribution in [3.8, 4) is 62.2 Å². The second-order valence-electron chi connectivity index (χ2n) is 19.6. The van der Waals surface area contributed by atoms with E-state index in [1.807, 2.05) is 95.5 Å². The van der Waals surface area contributed by atoms with Gasteiger partial charge in [-0.05, 0) is 198 Å². The van der Waals surface area contributed by atoms with Crippen molar-refractivity contribution in [3.63, 3.8) is 0 Å². The van der Waals surface area contributed by atoms with Gasteiger partial charge in [-0.2, -0.15) is 40.8 Å². The highest BCUT2D eigenvalue weighted by molar-refractivity contribution is 14.1. The average molecular weight is 1690 g/mol. The Morgan fingerprint density at radius 2 is 1.04 bits per heavy atom. The number of sulfone groups is 1. The molecule has 0 fully saturated rings. The van der Waals surface area contributed by atoms with Crippen molar-refractivity contribution in [1.29, 1.82) is 0 Å². The number of hydrogen-bond donors (Lipinski definition) is 2. The summed E-state index contributed by atoms with van der Waals surface area (Å²) in [7, 11) is 0.291. The molecule has 0 atom stereocenters. The van der Waals surface area contributed by atoms with Crippen molar-refractivity contribution in [2.45, 2.75) is 5.75 Å². The number of anilines is 1. The molecule has 15 rings (SSSR count). The zero-order valence-corrected chi connectivity index (χ0v) is 56.8. The third-order valence-electron chi connectivity index (χ3n) is 13.2. The minimum Gasteiger partial charge on any atom is -0.427 e. The number of hydrogen-bond acceptors (Lipinski definition) is 16. The Bertz CT molecular complexity index is 5150. The lowest BCUT2D eigenvalue weighted by molar-refractivity contribution is -0.120. The summed E-state index contributed by atoms with van der Waals surface area (Å²) in [5.41, 5.74) is 11.0. The van der Waals surface area contributed by atoms with Gasteiger partial charge in [-0.15, -0.1) is 0 Å². The van der Waals surface area contributed by atoms with Crippen LogP contribution in [-0.4, -0.2) is 120 Å². The summed E-state index contributed by atoms with van der Waals surface area (Å²) >= 11 is 8.93. The fourth-order valence-corrected chi connectivity index (χ4v) is 12.1. The fourth-order valence-electron chi connectivity index (χ4n) is 9.08. The van der Waals surface area contributed by atoms with Crippen LogP contribution in [0.3, 0.4) is 0 Å². The summed E-state index contributed by atoms with van der Waals surface area (Å²) in [4.78, 5) is 32.8. The van der Waals surface area contributed by atoms with E-state index < -0.39 is 21.5 Å². The molecule has 0 saturated carbocycles. The van der Waals surface area contributed by atoms with Gasteiger partial charge < -0.3 is 10.1 Å². The predicted molar refractivity (Wildman–Crippen MR) is 368 cm³/mol. The Hall–Kier alpha value is -9.02. The molecule has 0 saturated heterocycles. The van der Waals surface area contributed by atoms with Gasteiger partial charge in [-0.3, -0.25) is 24.1 Å². The van der Waals surface area contributed by atoms with Gasteiger partial charge in [0.2, 0.25) is 6.41 Å². The minimum absolute atomic E-state index is 0.179. The van der Waals surface area contributed by atoms with Crippen molar-refractivity contribution < 1.29 is 31.5 Å². The first-order chi connectivity index (χ1) is 43.9. The maximum Gasteiger partial charge on any atom is 0.298 e. The number of aryl methyl sites for hydroxylation is 2. The number of ether oxygens (including phenoxy) is 1. The third kappa shape index (κ3) is 15.3. The van der Waals surface area contributed by atoms with Crippen LogP contribution in [-0.2, 0) is 39.3 Å². The summed E-state index contributed by atoms with van der Waals surface area (Å²) in [6, 6.07) is 27.6. The number of H-pyrrole nitrogens is 1. The number of benzene rings is 2. The van der Waals surface area contributed by atoms with Crippen LogP contribution in [0.5, 0.6) is 5.75 Å². The quantitative estimate of drug-likeness (QED) is 0.0899. The highest BCUT2D eigenvalue weighted by Crippen LogP contribution is 2.34. The van der Waals surface area contributed by atoms with Gasteiger partial charge in [0.25, 0.3) is 6.47 Å². The van der Waals surface area contributed by atoms with Crippen molar-refractivity contribution in [1.82, 2.24) is 92.8 Å². The summed E-state index contributed by atoms with van der Waals surface area (Å²) < 4.78 is 73.2. The average Bonchev–Trinajstić information content (AvgIpc) is 1.95. The molecule has 0 aliphatic heterocycles. The van der Waals surface area contributed by atoms with Crippen molar-refractivity contribution in [2.75, 3.05) is 11.6 Å². The zero-order chi connectivity index (χ0) is 63.9. The summed E-state index contributed by atoms with van der Waals surface area (Å²) in [6.07, 6.45) is 24.5. The Morgan fingerprint density at radius 3 is 1.56 bits per heavy atom. The van der Waals surface area contributed by atoms with E-state index >= 15 is 0 Å². The van der Waals surface area contributed by atoms with Crippen LogP contribution in [0, 0.1) is 25.9 Å². The van der Waals surface area contributed by atoms with E-state index in [0.717, 1.165) is 93.8 Å². The molecule has 2 N–H and O–H groups in total. The Balaban J connectivity index is 0.000000125. The van der Waals surface area contributed by atoms with E-state index in [2.05, 4.69) is 161 Å². The third-order valence-corrected chi connectivity index (χ3v) is 17.3. The summed E-state index contributed by atoms with van der Waals surface area (Å²) in [5.74, 6) is 0.889. The van der Waals surface area contributed by atoms with E-state index in [9.17, 15) is 26.8 Å². The lowest BCUT2D eigenvalue weighted by atomic mass is 9.96. The molecule has 0 radical (unpaired) electrons. The molecule has 13 aromatic heterocycles. The molecule has 0 unspecified atom stereocenters. The van der Waals surface area contributed by atoms with Gasteiger partial charge in [0, 0.05) is 72.8 Å². The number of halogens is 6. The number of aromatic nitrogens is 19. The van der Waals surface area contributed by atoms with E-state index in [-0.39, 0.29) is 11.3 Å². The van der Waals surface area contributed by atoms with Crippen molar-refractivity contribution >= 4 is 146 Å². The molecule has 25 nitrogen and oxygen atoms in total. The van der Waals surface area contributed by atoms with Crippen molar-refractivity contribution in [3.05, 3.63) is 209 Å². The maximum absolute atomic E-state index is 14.6. The molecular formula is C59H44F2I4N20O5S. The number of carbonyl (C=O) groups excluding carboxylic acids is 2. The van der Waals surface area contributed by atoms with Gasteiger partial charge in [-0.25, -0.2) is 54.7 Å². The first-order valence-corrected chi connectivity index (χ1v) is 32.9. The molecule has 2 aromatic carbocycles. The number of carbonyl (C=O) groups is 2. The maximum atomic E-state index is 14.6. The molecule has 0 aliphatic rings. The summed E-state index contributed by atoms with van der Waals surface area (Å²) in [6.45, 7) is 0.398. The number of nitrogens with one attached hydrogen (secondary N) is 2. The number of rotatable bonds is 11. The molecular weight excluding hydrogens is 1650 g/mol. The second kappa shape index (κ2) is 28.0. The normalized spacial score (nSPS) is 11.1. The largest absolute Gasteiger partial charge is 0.427 e. The number of fused-ring (bicyclic) bond motifs is 5. The lowest BCUT2D eigenvalue weighted by Crippen LogP contribution is -2.01. The van der Waals surface area contributed by atoms with Gasteiger partial charge >= 0.3 is 0 Å². The molecule has 32 heteroatoms. The number of pyridine rings is 5. The van der Waals surface area contributed by atoms with E-state index in [1.165, 1.54) is 18.5 Å². The fraction of sp³-hybridized carbons (Fsp3) is 0.0678. The zero-order valence-electron chi connectivity index (χ0n) is 47.4. The van der Waals surface area contributed by atoms with Crippen LogP contribution >= 0.6 is 90.4 Å². The van der Waals surface area contributed by atoms with Gasteiger partial charge in [0.15, 0.2) is 27.3 Å². The van der Waals surface area contributed by atoms with Crippen LogP contribution in [0.2, 0.25) is 0 Å². The van der Waals surface area contributed by atoms with E-state index in [4.69, 9.17) is 0 Å². The molecule has 0 spiro atoms. The molecule has 458 valence electrons. The highest BCUT2D eigenvalue weighted by atomic mass is 127. The second-order valence-corrected chi connectivity index (χ2v) is 26.4. The molecule has 15 aromatic rings. The molecule has 1 amide bonds. The topological polar surface area (TPSA) is 279 Å². The highest BCUT2D eigenvalue weighted by Gasteiger charge is 2.17. The summed E-state index contributed by atoms with van der Waals surface area (Å²) in [5, 5.41) is 38.9. The molecule has 0 aliphatic carbocycles. The van der Waals surface area contributed by atoms with Crippen LogP contribution in [0.25, 0.3) is 84.0 Å². The number of amides is 1. The first-order valence-electron chi connectivity index (χ1n) is 26.5. The number of aromatic amines is 1. The van der Waals surface area contributed by atoms with Crippen LogP contribution in [0.4, 0.5) is 14.5 Å². The monoisotopic (exact) mass is 1690 g/mol. The number of nitrogens with zero attached hydrogens (tertiary/aromatic N) is 18. The smallest absolute Gasteiger partial charge is 0.298 e. The van der Waals surface area contributed by atoms with Gasteiger partial charge in [0.05, 0.1) is 96.7 Å². The van der Waals surface area contributed by atoms with Gasteiger partial charge in [0.1, 0.15) is 36.4 Å². The SMILES string of the molecule is Cn1cnc(-c2ccc3c(-c4cc(CS(C)(=O)=O)cc(-c5ccc(F)cc5F)c4)cnn3c2)n1.Cn1cnc(-c2ccc3c(I)cnn3c2)n1.Ic1cnn2cc(-c3ncn[nH]3)ccc12.O=CNc1ccc2c(I)cnn2c1.O=COc1ccc2c(I)cnn2c1. The van der Waals surface area contributed by atoms with Crippen LogP contribution in [0.1, 0.15) is 5.56 Å². The Kier molecular flexibility index (Phi) is 19.6. The lowest BCUT2D eigenvalue weighted by Gasteiger charge is -2.11. The predicted octanol–water partition coefficient (Wildman–Crippen LogP) is 10.7. The standard InChI is InChI=1S/C24H19F2N5O2S.C10H8IN5.C9H6IN5.C8H6IN3O.C8H5IN2O2/c1-30-14-27-24(29-30)16-3-6-23-21(11-28-31(23)12-16)18-8-15(13-34(2,32)33)7-17(9-18)20-5-4-19(25)10-22(20)26;1-15-6-12-10(14-15)7-2-3-9-8(11)4-13-16(9)5-7;10-7-3-13-15-4-6(1-2-8(7)15)9-11-5-12-14-9;9-7-3-11-12-4-6(10-5-13)1-2-8(7)12;9-7-3-10-11-4-6(13-5-12)1-2-8(7)11/h3-12,14H,13H2,1-2H3;2-6H,1H3;1-5H,(H,11,12,14);1-5H,(H,10,13);1-5H. The Labute approximate surface area is 568 Å². The molecule has 13 heterocycles. The Morgan fingerprint density at radius 1 is 0.549 bits per heavy atom. The molecule has 0 bridgehead atoms. The minimum atomic E-state index is -3.35. The van der Waals surface area contributed by atoms with E-state index in [1.54, 1.807) is 104 Å². The first kappa shape index (κ1) is 63.5. The van der Waals surface area contributed by atoms with Gasteiger partial charge in [-0.1, -0.05) is 0 Å². The van der Waals surface area contributed by atoms with Crippen LogP contribution in [0.15, 0.2) is 178 Å². The molecule has 91 heavy (non-hydrogen) atoms. The van der Waals surface area contributed by atoms with E-state index in [0.29, 0.717) is 41.1 Å². The van der Waals surface area contributed by atoms with Crippen molar-refractivity contribution in [2.24, 2.45) is 14.1 Å². The van der Waals surface area contributed by atoms with Crippen LogP contribution < -0.4 is 10.1 Å².